The van der Waals surface area contributed by atoms with Gasteiger partial charge in [-0.2, -0.15) is 0 Å². The summed E-state index contributed by atoms with van der Waals surface area (Å²) in [5, 5.41) is 12.6. The average Bonchev–Trinajstić information content (AvgIpc) is 2.45. The monoisotopic (exact) mass is 299 g/mol. The second kappa shape index (κ2) is 10.6. The Kier molecular flexibility index (Phi) is 8.99. The molecular weight excluding hydrogens is 272 g/mol. The lowest BCUT2D eigenvalue weighted by Crippen LogP contribution is -2.15. The first-order chi connectivity index (χ1) is 10.1. The van der Waals surface area contributed by atoms with Crippen molar-refractivity contribution in [2.75, 3.05) is 6.54 Å². The lowest BCUT2D eigenvalue weighted by molar-refractivity contribution is 0.418. The Hall–Kier alpha value is -1.16. The molecule has 2 N–H and O–H groups in total. The summed E-state index contributed by atoms with van der Waals surface area (Å²) in [5.74, 6) is -2.02. The number of phenols is 1. The van der Waals surface area contributed by atoms with E-state index in [9.17, 15) is 13.9 Å². The van der Waals surface area contributed by atoms with E-state index < -0.39 is 17.4 Å². The highest BCUT2D eigenvalue weighted by molar-refractivity contribution is 5.34. The number of hydrogen-bond acceptors (Lipinski definition) is 2. The molecule has 1 aromatic rings. The van der Waals surface area contributed by atoms with Crippen molar-refractivity contribution in [2.45, 2.75) is 64.8 Å². The summed E-state index contributed by atoms with van der Waals surface area (Å²) in [6, 6.07) is 1.86. The topological polar surface area (TPSA) is 32.3 Å². The van der Waals surface area contributed by atoms with Gasteiger partial charge < -0.3 is 10.4 Å². The predicted octanol–water partition coefficient (Wildman–Crippen LogP) is 4.90. The molecule has 0 spiro atoms. The van der Waals surface area contributed by atoms with Crippen molar-refractivity contribution < 1.29 is 13.9 Å². The van der Waals surface area contributed by atoms with Gasteiger partial charge in [0.1, 0.15) is 5.82 Å². The van der Waals surface area contributed by atoms with E-state index in [0.717, 1.165) is 13.0 Å². The van der Waals surface area contributed by atoms with Gasteiger partial charge >= 0.3 is 0 Å². The molecule has 0 aliphatic carbocycles. The van der Waals surface area contributed by atoms with Crippen LogP contribution in [-0.4, -0.2) is 11.7 Å². The summed E-state index contributed by atoms with van der Waals surface area (Å²) >= 11 is 0. The molecule has 0 bridgehead atoms. The van der Waals surface area contributed by atoms with E-state index in [0.29, 0.717) is 6.07 Å². The van der Waals surface area contributed by atoms with Crippen LogP contribution in [0.4, 0.5) is 8.78 Å². The van der Waals surface area contributed by atoms with Gasteiger partial charge in [-0.25, -0.2) is 8.78 Å². The fourth-order valence-corrected chi connectivity index (χ4v) is 2.36. The van der Waals surface area contributed by atoms with Crippen LogP contribution in [0.3, 0.4) is 0 Å². The zero-order valence-electron chi connectivity index (χ0n) is 12.9. The number of benzene rings is 1. The van der Waals surface area contributed by atoms with Crippen molar-refractivity contribution in [2.24, 2.45) is 0 Å². The molecule has 0 saturated carbocycles. The third-order valence-electron chi connectivity index (χ3n) is 3.63. The molecule has 0 aromatic heterocycles. The Morgan fingerprint density at radius 2 is 1.57 bits per heavy atom. The van der Waals surface area contributed by atoms with E-state index in [1.165, 1.54) is 51.0 Å². The average molecular weight is 299 g/mol. The van der Waals surface area contributed by atoms with E-state index in [1.54, 1.807) is 0 Å². The maximum Gasteiger partial charge on any atom is 0.168 e. The Balaban J connectivity index is 2.07. The molecule has 2 nitrogen and oxygen atoms in total. The van der Waals surface area contributed by atoms with Crippen LogP contribution in [0.2, 0.25) is 0 Å². The largest absolute Gasteiger partial charge is 0.505 e. The molecule has 0 fully saturated rings. The van der Waals surface area contributed by atoms with Crippen LogP contribution in [0.25, 0.3) is 0 Å². The fraction of sp³-hybridized carbons (Fsp3) is 0.647. The number of phenolic OH excluding ortho intramolecular Hbond substituents is 1. The zero-order chi connectivity index (χ0) is 15.5. The van der Waals surface area contributed by atoms with E-state index >= 15 is 0 Å². The van der Waals surface area contributed by atoms with Crippen molar-refractivity contribution in [3.05, 3.63) is 29.3 Å². The minimum Gasteiger partial charge on any atom is -0.505 e. The second-order valence-electron chi connectivity index (χ2n) is 5.55. The minimum absolute atomic E-state index is 0.270. The Labute approximate surface area is 126 Å². The van der Waals surface area contributed by atoms with E-state index in [4.69, 9.17) is 0 Å². The first-order valence-corrected chi connectivity index (χ1v) is 8.02. The molecule has 0 atom stereocenters. The van der Waals surface area contributed by atoms with Gasteiger partial charge in [-0.05, 0) is 19.0 Å². The highest BCUT2D eigenvalue weighted by Gasteiger charge is 2.09. The maximum absolute atomic E-state index is 13.1. The summed E-state index contributed by atoms with van der Waals surface area (Å²) < 4.78 is 26.2. The van der Waals surface area contributed by atoms with Crippen LogP contribution < -0.4 is 5.32 Å². The minimum atomic E-state index is -0.904. The highest BCUT2D eigenvalue weighted by Crippen LogP contribution is 2.22. The summed E-state index contributed by atoms with van der Waals surface area (Å²) in [4.78, 5) is 0. The molecule has 21 heavy (non-hydrogen) atoms. The van der Waals surface area contributed by atoms with E-state index in [1.807, 2.05) is 0 Å². The number of hydrogen-bond donors (Lipinski definition) is 2. The zero-order valence-corrected chi connectivity index (χ0v) is 12.9. The fourth-order valence-electron chi connectivity index (χ4n) is 2.36. The third kappa shape index (κ3) is 7.42. The van der Waals surface area contributed by atoms with Crippen molar-refractivity contribution in [1.29, 1.82) is 0 Å². The molecule has 120 valence electrons. The molecule has 1 rings (SSSR count). The number of unbranched alkanes of at least 4 members (excludes halogenated alkanes) is 7. The molecule has 0 heterocycles. The van der Waals surface area contributed by atoms with Gasteiger partial charge in [0.15, 0.2) is 11.6 Å². The first-order valence-electron chi connectivity index (χ1n) is 8.02. The number of nitrogens with one attached hydrogen (secondary N) is 1. The molecule has 0 aliphatic rings. The van der Waals surface area contributed by atoms with Crippen LogP contribution in [0, 0.1) is 11.6 Å². The second-order valence-corrected chi connectivity index (χ2v) is 5.55. The summed E-state index contributed by atoms with van der Waals surface area (Å²) in [7, 11) is 0. The van der Waals surface area contributed by atoms with Crippen LogP contribution in [0.1, 0.15) is 63.9 Å². The van der Waals surface area contributed by atoms with Gasteiger partial charge in [-0.15, -0.1) is 0 Å². The van der Waals surface area contributed by atoms with Crippen LogP contribution in [0.5, 0.6) is 5.75 Å². The number of rotatable bonds is 11. The quantitative estimate of drug-likeness (QED) is 0.570. The van der Waals surface area contributed by atoms with Gasteiger partial charge in [-0.1, -0.05) is 51.9 Å². The van der Waals surface area contributed by atoms with Crippen LogP contribution in [-0.2, 0) is 6.54 Å². The molecule has 1 aromatic carbocycles. The van der Waals surface area contributed by atoms with Crippen molar-refractivity contribution in [1.82, 2.24) is 5.32 Å². The predicted molar refractivity (Wildman–Crippen MR) is 82.3 cm³/mol. The van der Waals surface area contributed by atoms with E-state index in [2.05, 4.69) is 12.2 Å². The van der Waals surface area contributed by atoms with Gasteiger partial charge in [0, 0.05) is 18.2 Å². The van der Waals surface area contributed by atoms with Gasteiger partial charge in [0.2, 0.25) is 0 Å². The molecule has 0 aliphatic heterocycles. The highest BCUT2D eigenvalue weighted by atomic mass is 19.1. The Bertz CT molecular complexity index is 410. The normalized spacial score (nSPS) is 11.0. The Morgan fingerprint density at radius 3 is 2.24 bits per heavy atom. The van der Waals surface area contributed by atoms with Crippen LogP contribution in [0.15, 0.2) is 12.1 Å². The lowest BCUT2D eigenvalue weighted by Gasteiger charge is -2.08. The van der Waals surface area contributed by atoms with E-state index in [-0.39, 0.29) is 12.1 Å². The SMILES string of the molecule is CCCCCCCCCCNCc1cc(F)cc(F)c1O. The lowest BCUT2D eigenvalue weighted by atomic mass is 10.1. The van der Waals surface area contributed by atoms with Crippen LogP contribution >= 0.6 is 0 Å². The van der Waals surface area contributed by atoms with Gasteiger partial charge in [-0.3, -0.25) is 0 Å². The van der Waals surface area contributed by atoms with Crippen molar-refractivity contribution in [3.8, 4) is 5.75 Å². The standard InChI is InChI=1S/C17H27F2NO/c1-2-3-4-5-6-7-8-9-10-20-13-14-11-15(18)12-16(19)17(14)21/h11-12,20-21H,2-10,13H2,1H3. The maximum atomic E-state index is 13.1. The van der Waals surface area contributed by atoms with Gasteiger partial charge in [0.05, 0.1) is 0 Å². The number of aromatic hydroxyl groups is 1. The number of halogens is 2. The van der Waals surface area contributed by atoms with Crippen molar-refractivity contribution in [3.63, 3.8) is 0 Å². The van der Waals surface area contributed by atoms with Gasteiger partial charge in [0.25, 0.3) is 0 Å². The summed E-state index contributed by atoms with van der Waals surface area (Å²) in [6.45, 7) is 3.30. The molecular formula is C17H27F2NO. The molecule has 0 saturated heterocycles. The molecule has 0 amide bonds. The molecule has 4 heteroatoms. The summed E-state index contributed by atoms with van der Waals surface area (Å²) in [5.41, 5.74) is 0.270. The van der Waals surface area contributed by atoms with Crippen molar-refractivity contribution >= 4 is 0 Å². The Morgan fingerprint density at radius 1 is 0.952 bits per heavy atom. The smallest absolute Gasteiger partial charge is 0.168 e. The third-order valence-corrected chi connectivity index (χ3v) is 3.63. The molecule has 0 radical (unpaired) electrons. The molecule has 0 unspecified atom stereocenters. The summed E-state index contributed by atoms with van der Waals surface area (Å²) in [6.07, 6.45) is 10.00. The first kappa shape index (κ1) is 17.9.